The van der Waals surface area contributed by atoms with Gasteiger partial charge in [-0.2, -0.15) is 0 Å². The normalized spacial score (nSPS) is 12.8. The fourth-order valence-corrected chi connectivity index (χ4v) is 2.88. The molecule has 1 aromatic heterocycles. The lowest BCUT2D eigenvalue weighted by Gasteiger charge is -2.03. The first-order valence-corrected chi connectivity index (χ1v) is 6.19. The first-order valence-electron chi connectivity index (χ1n) is 4.08. The van der Waals surface area contributed by atoms with Crippen LogP contribution in [0.4, 0.5) is 0 Å². The lowest BCUT2D eigenvalue weighted by molar-refractivity contribution is 0.0992. The van der Waals surface area contributed by atoms with Crippen molar-refractivity contribution in [2.75, 3.05) is 0 Å². The maximum atomic E-state index is 11.7. The summed E-state index contributed by atoms with van der Waals surface area (Å²) < 4.78 is 0.666. The van der Waals surface area contributed by atoms with Crippen molar-refractivity contribution in [3.05, 3.63) is 21.3 Å². The molecule has 0 aliphatic rings. The second-order valence-corrected chi connectivity index (χ2v) is 5.54. The minimum absolute atomic E-state index is 0.0628. The fraction of sp³-hybridized carbons (Fsp3) is 0.444. The molecule has 0 radical (unpaired) electrons. The van der Waals surface area contributed by atoms with Crippen molar-refractivity contribution in [2.24, 2.45) is 0 Å². The highest BCUT2D eigenvalue weighted by molar-refractivity contribution is 9.10. The molecule has 4 heteroatoms. The molecule has 13 heavy (non-hydrogen) atoms. The van der Waals surface area contributed by atoms with Gasteiger partial charge in [-0.15, -0.1) is 11.3 Å². The van der Waals surface area contributed by atoms with Gasteiger partial charge in [0.05, 0.1) is 14.0 Å². The summed E-state index contributed by atoms with van der Waals surface area (Å²) in [6, 6.07) is 3.53. The zero-order chi connectivity index (χ0) is 9.84. The van der Waals surface area contributed by atoms with Gasteiger partial charge >= 0.3 is 0 Å². The molecule has 1 atom stereocenters. The van der Waals surface area contributed by atoms with Crippen molar-refractivity contribution in [3.63, 3.8) is 0 Å². The Hall–Kier alpha value is 0.140. The first-order chi connectivity index (χ1) is 6.15. The number of alkyl halides is 1. The fourth-order valence-electron chi connectivity index (χ4n) is 0.986. The van der Waals surface area contributed by atoms with Crippen LogP contribution in [0.15, 0.2) is 12.1 Å². The van der Waals surface area contributed by atoms with Crippen molar-refractivity contribution in [3.8, 4) is 0 Å². The molecule has 1 heterocycles. The van der Waals surface area contributed by atoms with Crippen LogP contribution in [0.3, 0.4) is 0 Å². The Morgan fingerprint density at radius 2 is 2.38 bits per heavy atom. The molecule has 0 aromatic carbocycles. The number of rotatable bonds is 4. The Kier molecular flexibility index (Phi) is 4.42. The average molecular weight is 282 g/mol. The van der Waals surface area contributed by atoms with Gasteiger partial charge in [0.2, 0.25) is 0 Å². The van der Waals surface area contributed by atoms with Gasteiger partial charge in [-0.3, -0.25) is 4.79 Å². The SMILES string of the molecule is CCCC(Br)C(=O)c1ccc(Cl)s1. The number of thiophene rings is 1. The van der Waals surface area contributed by atoms with Crippen LogP contribution in [-0.4, -0.2) is 10.6 Å². The van der Waals surface area contributed by atoms with E-state index in [-0.39, 0.29) is 10.6 Å². The van der Waals surface area contributed by atoms with Gasteiger partial charge in [0, 0.05) is 0 Å². The molecule has 1 rings (SSSR count). The minimum Gasteiger partial charge on any atom is -0.292 e. The van der Waals surface area contributed by atoms with Crippen molar-refractivity contribution in [1.82, 2.24) is 0 Å². The van der Waals surface area contributed by atoms with Crippen LogP contribution in [0, 0.1) is 0 Å². The second kappa shape index (κ2) is 5.13. The molecule has 0 aliphatic carbocycles. The summed E-state index contributed by atoms with van der Waals surface area (Å²) in [5, 5.41) is 0. The van der Waals surface area contributed by atoms with E-state index in [4.69, 9.17) is 11.6 Å². The third-order valence-electron chi connectivity index (χ3n) is 1.64. The smallest absolute Gasteiger partial charge is 0.186 e. The van der Waals surface area contributed by atoms with E-state index < -0.39 is 0 Å². The molecular weight excluding hydrogens is 272 g/mol. The Balaban J connectivity index is 2.67. The Morgan fingerprint density at radius 3 is 2.85 bits per heavy atom. The van der Waals surface area contributed by atoms with E-state index in [1.54, 1.807) is 12.1 Å². The predicted molar refractivity (Wildman–Crippen MR) is 61.3 cm³/mol. The van der Waals surface area contributed by atoms with Crippen LogP contribution in [0.25, 0.3) is 0 Å². The summed E-state index contributed by atoms with van der Waals surface area (Å²) in [7, 11) is 0. The van der Waals surface area contributed by atoms with Gasteiger partial charge in [-0.25, -0.2) is 0 Å². The topological polar surface area (TPSA) is 17.1 Å². The van der Waals surface area contributed by atoms with Crippen LogP contribution in [0.2, 0.25) is 4.34 Å². The van der Waals surface area contributed by atoms with E-state index in [0.29, 0.717) is 4.34 Å². The second-order valence-electron chi connectivity index (χ2n) is 2.72. The molecule has 0 N–H and O–H groups in total. The van der Waals surface area contributed by atoms with Gasteiger partial charge in [0.15, 0.2) is 5.78 Å². The molecule has 0 saturated heterocycles. The number of carbonyl (C=O) groups excluding carboxylic acids is 1. The van der Waals surface area contributed by atoms with Crippen LogP contribution in [0.1, 0.15) is 29.4 Å². The maximum absolute atomic E-state index is 11.7. The van der Waals surface area contributed by atoms with Gasteiger partial charge in [0.1, 0.15) is 0 Å². The molecule has 0 fully saturated rings. The average Bonchev–Trinajstić information content (AvgIpc) is 2.51. The summed E-state index contributed by atoms with van der Waals surface area (Å²) >= 11 is 10.4. The number of hydrogen-bond donors (Lipinski definition) is 0. The summed E-state index contributed by atoms with van der Waals surface area (Å²) in [5.74, 6) is 0.138. The summed E-state index contributed by atoms with van der Waals surface area (Å²) in [6.45, 7) is 2.06. The van der Waals surface area contributed by atoms with Crippen molar-refractivity contribution < 1.29 is 4.79 Å². The van der Waals surface area contributed by atoms with Crippen molar-refractivity contribution in [2.45, 2.75) is 24.6 Å². The molecule has 72 valence electrons. The van der Waals surface area contributed by atoms with Crippen LogP contribution in [0.5, 0.6) is 0 Å². The lowest BCUT2D eigenvalue weighted by Crippen LogP contribution is -2.11. The highest BCUT2D eigenvalue weighted by atomic mass is 79.9. The highest BCUT2D eigenvalue weighted by Crippen LogP contribution is 2.25. The molecule has 1 nitrogen and oxygen atoms in total. The Labute approximate surface area is 95.2 Å². The number of carbonyl (C=O) groups is 1. The molecule has 0 aliphatic heterocycles. The number of halogens is 2. The van der Waals surface area contributed by atoms with Gasteiger partial charge in [-0.1, -0.05) is 40.9 Å². The van der Waals surface area contributed by atoms with Crippen molar-refractivity contribution in [1.29, 1.82) is 0 Å². The third kappa shape index (κ3) is 3.08. The largest absolute Gasteiger partial charge is 0.292 e. The van der Waals surface area contributed by atoms with Crippen LogP contribution in [-0.2, 0) is 0 Å². The van der Waals surface area contributed by atoms with E-state index in [9.17, 15) is 4.79 Å². The molecular formula is C9H10BrClOS. The lowest BCUT2D eigenvalue weighted by atomic mass is 10.1. The van der Waals surface area contributed by atoms with Crippen LogP contribution < -0.4 is 0 Å². The predicted octanol–water partition coefficient (Wildman–Crippen LogP) is 4.15. The molecule has 0 spiro atoms. The van der Waals surface area contributed by atoms with E-state index in [1.807, 2.05) is 0 Å². The zero-order valence-corrected chi connectivity index (χ0v) is 10.4. The van der Waals surface area contributed by atoms with Gasteiger partial charge < -0.3 is 0 Å². The maximum Gasteiger partial charge on any atom is 0.186 e. The quantitative estimate of drug-likeness (QED) is 0.598. The summed E-state index contributed by atoms with van der Waals surface area (Å²) in [4.78, 5) is 12.3. The molecule has 1 unspecified atom stereocenters. The minimum atomic E-state index is -0.0628. The van der Waals surface area contributed by atoms with E-state index >= 15 is 0 Å². The molecule has 1 aromatic rings. The van der Waals surface area contributed by atoms with Crippen LogP contribution >= 0.6 is 38.9 Å². The summed E-state index contributed by atoms with van der Waals surface area (Å²) in [6.07, 6.45) is 1.87. The Bertz CT molecular complexity index is 298. The van der Waals surface area contributed by atoms with Crippen molar-refractivity contribution >= 4 is 44.7 Å². The monoisotopic (exact) mass is 280 g/mol. The van der Waals surface area contributed by atoms with Gasteiger partial charge in [0.25, 0.3) is 0 Å². The zero-order valence-electron chi connectivity index (χ0n) is 7.22. The van der Waals surface area contributed by atoms with Gasteiger partial charge in [-0.05, 0) is 18.6 Å². The standard InChI is InChI=1S/C9H10BrClOS/c1-2-3-6(10)9(12)7-4-5-8(11)13-7/h4-6H,2-3H2,1H3. The first kappa shape index (κ1) is 11.2. The third-order valence-corrected chi connectivity index (χ3v) is 3.76. The number of ketones is 1. The molecule has 0 bridgehead atoms. The number of hydrogen-bond acceptors (Lipinski definition) is 2. The molecule has 0 amide bonds. The van der Waals surface area contributed by atoms with E-state index in [0.717, 1.165) is 17.7 Å². The highest BCUT2D eigenvalue weighted by Gasteiger charge is 2.17. The van der Waals surface area contributed by atoms with E-state index in [1.165, 1.54) is 11.3 Å². The Morgan fingerprint density at radius 1 is 1.69 bits per heavy atom. The number of Topliss-reactive ketones (excluding diaryl/α,β-unsaturated/α-hetero) is 1. The summed E-state index contributed by atoms with van der Waals surface area (Å²) in [5.41, 5.74) is 0. The van der Waals surface area contributed by atoms with E-state index in [2.05, 4.69) is 22.9 Å². The molecule has 0 saturated carbocycles.